The Labute approximate surface area is 95.7 Å². The monoisotopic (exact) mass is 235 g/mol. The molecule has 2 rings (SSSR count). The van der Waals surface area contributed by atoms with E-state index in [1.165, 1.54) is 6.20 Å². The number of benzene rings is 1. The summed E-state index contributed by atoms with van der Waals surface area (Å²) in [6.45, 7) is 0. The molecule has 0 fully saturated rings. The minimum Gasteiger partial charge on any atom is -0.475 e. The van der Waals surface area contributed by atoms with Gasteiger partial charge in [0.05, 0.1) is 11.9 Å². The molecule has 0 unspecified atom stereocenters. The van der Waals surface area contributed by atoms with Crippen molar-refractivity contribution in [2.24, 2.45) is 0 Å². The maximum absolute atomic E-state index is 10.7. The third-order valence-electron chi connectivity index (χ3n) is 1.89. The molecule has 0 saturated heterocycles. The van der Waals surface area contributed by atoms with Crippen molar-refractivity contribution in [3.63, 3.8) is 0 Å². The van der Waals surface area contributed by atoms with E-state index >= 15 is 0 Å². The van der Waals surface area contributed by atoms with Gasteiger partial charge in [0.1, 0.15) is 0 Å². The lowest BCUT2D eigenvalue weighted by atomic mass is 10.2. The molecule has 5 nitrogen and oxygen atoms in total. The fourth-order valence-corrected chi connectivity index (χ4v) is 1.28. The molecular weight excluding hydrogens is 230 g/mol. The highest BCUT2D eigenvalue weighted by atomic mass is 35.5. The van der Waals surface area contributed by atoms with Crippen LogP contribution in [-0.2, 0) is 0 Å². The third kappa shape index (κ3) is 2.14. The molecule has 1 heterocycles. The SMILES string of the molecule is O=C(O)c1nncc(-c2ccc(Cl)cc2)n1. The average molecular weight is 236 g/mol. The van der Waals surface area contributed by atoms with Crippen molar-refractivity contribution in [1.82, 2.24) is 15.2 Å². The minimum absolute atomic E-state index is 0.326. The number of hydrogen-bond donors (Lipinski definition) is 1. The number of aromatic carboxylic acids is 1. The maximum atomic E-state index is 10.7. The molecule has 1 aromatic heterocycles. The summed E-state index contributed by atoms with van der Waals surface area (Å²) in [5.74, 6) is -1.53. The van der Waals surface area contributed by atoms with E-state index in [-0.39, 0.29) is 5.82 Å². The second kappa shape index (κ2) is 4.24. The normalized spacial score (nSPS) is 10.1. The first-order valence-corrected chi connectivity index (χ1v) is 4.73. The first-order chi connectivity index (χ1) is 7.66. The van der Waals surface area contributed by atoms with Crippen LogP contribution in [-0.4, -0.2) is 26.3 Å². The molecule has 0 aliphatic heterocycles. The number of carbonyl (C=O) groups is 1. The van der Waals surface area contributed by atoms with Gasteiger partial charge in [0.25, 0.3) is 5.82 Å². The molecule has 0 atom stereocenters. The maximum Gasteiger partial charge on any atom is 0.375 e. The highest BCUT2D eigenvalue weighted by molar-refractivity contribution is 6.30. The Morgan fingerprint density at radius 2 is 1.94 bits per heavy atom. The van der Waals surface area contributed by atoms with Gasteiger partial charge in [-0.25, -0.2) is 9.78 Å². The van der Waals surface area contributed by atoms with Crippen molar-refractivity contribution in [1.29, 1.82) is 0 Å². The van der Waals surface area contributed by atoms with Crippen LogP contribution in [0.15, 0.2) is 30.5 Å². The fraction of sp³-hybridized carbons (Fsp3) is 0. The van der Waals surface area contributed by atoms with Crippen LogP contribution in [0.3, 0.4) is 0 Å². The van der Waals surface area contributed by atoms with Gasteiger partial charge in [0, 0.05) is 10.6 Å². The lowest BCUT2D eigenvalue weighted by molar-refractivity contribution is 0.0682. The zero-order valence-corrected chi connectivity index (χ0v) is 8.72. The van der Waals surface area contributed by atoms with Gasteiger partial charge in [-0.3, -0.25) is 0 Å². The molecule has 16 heavy (non-hydrogen) atoms. The molecule has 80 valence electrons. The Morgan fingerprint density at radius 1 is 1.25 bits per heavy atom. The molecule has 2 aromatic rings. The number of halogens is 1. The van der Waals surface area contributed by atoms with Crippen LogP contribution < -0.4 is 0 Å². The quantitative estimate of drug-likeness (QED) is 0.860. The van der Waals surface area contributed by atoms with Crippen molar-refractivity contribution in [2.45, 2.75) is 0 Å². The summed E-state index contributed by atoms with van der Waals surface area (Å²) >= 11 is 5.74. The van der Waals surface area contributed by atoms with Crippen molar-refractivity contribution in [3.8, 4) is 11.3 Å². The molecule has 6 heteroatoms. The van der Waals surface area contributed by atoms with E-state index < -0.39 is 5.97 Å². The zero-order valence-electron chi connectivity index (χ0n) is 7.96. The van der Waals surface area contributed by atoms with Gasteiger partial charge in [-0.1, -0.05) is 23.7 Å². The van der Waals surface area contributed by atoms with E-state index in [0.717, 1.165) is 5.56 Å². The summed E-state index contributed by atoms with van der Waals surface area (Å²) in [7, 11) is 0. The summed E-state index contributed by atoms with van der Waals surface area (Å²) < 4.78 is 0. The zero-order chi connectivity index (χ0) is 11.5. The number of hydrogen-bond acceptors (Lipinski definition) is 4. The number of rotatable bonds is 2. The second-order valence-electron chi connectivity index (χ2n) is 2.98. The van der Waals surface area contributed by atoms with Crippen molar-refractivity contribution in [3.05, 3.63) is 41.3 Å². The Morgan fingerprint density at radius 3 is 2.56 bits per heavy atom. The van der Waals surface area contributed by atoms with Crippen LogP contribution in [0.5, 0.6) is 0 Å². The van der Waals surface area contributed by atoms with E-state index in [1.54, 1.807) is 24.3 Å². The van der Waals surface area contributed by atoms with Gasteiger partial charge >= 0.3 is 5.97 Å². The third-order valence-corrected chi connectivity index (χ3v) is 2.14. The van der Waals surface area contributed by atoms with Crippen LogP contribution >= 0.6 is 11.6 Å². The highest BCUT2D eigenvalue weighted by Gasteiger charge is 2.09. The average Bonchev–Trinajstić information content (AvgIpc) is 2.30. The number of nitrogens with zero attached hydrogens (tertiary/aromatic N) is 3. The highest BCUT2D eigenvalue weighted by Crippen LogP contribution is 2.18. The summed E-state index contributed by atoms with van der Waals surface area (Å²) in [5.41, 5.74) is 1.19. The molecular formula is C10H6ClN3O2. The van der Waals surface area contributed by atoms with Crippen LogP contribution in [0, 0.1) is 0 Å². The van der Waals surface area contributed by atoms with Gasteiger partial charge in [0.2, 0.25) is 0 Å². The number of aromatic nitrogens is 3. The Balaban J connectivity index is 2.44. The minimum atomic E-state index is -1.21. The molecule has 0 radical (unpaired) electrons. The lowest BCUT2D eigenvalue weighted by Crippen LogP contribution is -2.06. The van der Waals surface area contributed by atoms with Crippen LogP contribution in [0.2, 0.25) is 5.02 Å². The second-order valence-corrected chi connectivity index (χ2v) is 3.41. The summed E-state index contributed by atoms with van der Waals surface area (Å²) in [4.78, 5) is 14.5. The van der Waals surface area contributed by atoms with E-state index in [1.807, 2.05) is 0 Å². The van der Waals surface area contributed by atoms with E-state index in [9.17, 15) is 4.79 Å². The molecule has 0 saturated carbocycles. The van der Waals surface area contributed by atoms with E-state index in [4.69, 9.17) is 16.7 Å². The lowest BCUT2D eigenvalue weighted by Gasteiger charge is -2.00. The molecule has 0 bridgehead atoms. The summed E-state index contributed by atoms with van der Waals surface area (Å²) in [6.07, 6.45) is 1.40. The topological polar surface area (TPSA) is 76.0 Å². The number of carboxylic acids is 1. The smallest absolute Gasteiger partial charge is 0.375 e. The Bertz CT molecular complexity index is 528. The standard InChI is InChI=1S/C10H6ClN3O2/c11-7-3-1-6(2-4-7)8-5-12-14-9(13-8)10(15)16/h1-5H,(H,15,16). The van der Waals surface area contributed by atoms with Gasteiger partial charge in [-0.05, 0) is 12.1 Å². The predicted octanol–water partition coefficient (Wildman–Crippen LogP) is 1.89. The molecule has 0 spiro atoms. The fourth-order valence-electron chi connectivity index (χ4n) is 1.15. The summed E-state index contributed by atoms with van der Waals surface area (Å²) in [6, 6.07) is 6.86. The Kier molecular flexibility index (Phi) is 2.78. The Hall–Kier alpha value is -2.01. The molecule has 0 aliphatic carbocycles. The summed E-state index contributed by atoms with van der Waals surface area (Å²) in [5, 5.41) is 16.3. The van der Waals surface area contributed by atoms with Crippen molar-refractivity contribution < 1.29 is 9.90 Å². The number of carboxylic acid groups (broad SMARTS) is 1. The van der Waals surface area contributed by atoms with Crippen LogP contribution in [0.1, 0.15) is 10.6 Å². The van der Waals surface area contributed by atoms with E-state index in [2.05, 4.69) is 15.2 Å². The van der Waals surface area contributed by atoms with Crippen molar-refractivity contribution in [2.75, 3.05) is 0 Å². The van der Waals surface area contributed by atoms with Crippen LogP contribution in [0.4, 0.5) is 0 Å². The molecule has 0 amide bonds. The molecule has 1 aromatic carbocycles. The predicted molar refractivity (Wildman–Crippen MR) is 57.2 cm³/mol. The van der Waals surface area contributed by atoms with Crippen molar-refractivity contribution >= 4 is 17.6 Å². The van der Waals surface area contributed by atoms with Gasteiger partial charge < -0.3 is 5.11 Å². The molecule has 1 N–H and O–H groups in total. The molecule has 0 aliphatic rings. The first kappa shape index (κ1) is 10.5. The van der Waals surface area contributed by atoms with Gasteiger partial charge in [-0.15, -0.1) is 5.10 Å². The van der Waals surface area contributed by atoms with Gasteiger partial charge in [0.15, 0.2) is 0 Å². The van der Waals surface area contributed by atoms with E-state index in [0.29, 0.717) is 10.7 Å². The van der Waals surface area contributed by atoms with Gasteiger partial charge in [-0.2, -0.15) is 5.10 Å². The largest absolute Gasteiger partial charge is 0.475 e. The first-order valence-electron chi connectivity index (χ1n) is 4.36. The van der Waals surface area contributed by atoms with Crippen LogP contribution in [0.25, 0.3) is 11.3 Å².